The second-order valence-electron chi connectivity index (χ2n) is 9.43. The van der Waals surface area contributed by atoms with E-state index in [1.54, 1.807) is 29.2 Å². The topological polar surface area (TPSA) is 158 Å². The van der Waals surface area contributed by atoms with Crippen LogP contribution < -0.4 is 16.8 Å². The first-order valence-corrected chi connectivity index (χ1v) is 11.9. The van der Waals surface area contributed by atoms with Crippen molar-refractivity contribution in [2.24, 2.45) is 22.4 Å². The first-order valence-electron chi connectivity index (χ1n) is 11.9. The van der Waals surface area contributed by atoms with Crippen molar-refractivity contribution >= 4 is 34.2 Å². The lowest BCUT2D eigenvalue weighted by molar-refractivity contribution is -0.120. The standard InChI is InChI=1S/C26H27N7O3/c27-23(34)21-10-11-26(14-16-4-3-5-16,22(30-21)24(28)35)31-25(36)20-9-8-17(15-33-13-12-29-32-33)18-6-1-2-7-19(18)20/h1-2,6-13,16,22H,3-5,14-15H2,(H2,27,34)(H2,28,35)(H,31,36). The van der Waals surface area contributed by atoms with E-state index < -0.39 is 23.4 Å². The fourth-order valence-electron chi connectivity index (χ4n) is 5.06. The number of carbonyl (C=O) groups is 3. The van der Waals surface area contributed by atoms with E-state index in [9.17, 15) is 14.4 Å². The smallest absolute Gasteiger partial charge is 0.266 e. The first-order chi connectivity index (χ1) is 17.4. The first kappa shape index (κ1) is 23.4. The summed E-state index contributed by atoms with van der Waals surface area (Å²) in [6.07, 6.45) is 10.1. The van der Waals surface area contributed by atoms with Crippen molar-refractivity contribution < 1.29 is 14.4 Å². The van der Waals surface area contributed by atoms with Crippen molar-refractivity contribution in [2.75, 3.05) is 0 Å². The Hall–Kier alpha value is -4.34. The van der Waals surface area contributed by atoms with Gasteiger partial charge in [0.05, 0.1) is 18.3 Å². The molecule has 2 aliphatic rings. The number of dihydropyridines is 1. The highest BCUT2D eigenvalue weighted by Gasteiger charge is 2.46. The number of nitrogens with one attached hydrogen (secondary N) is 1. The summed E-state index contributed by atoms with van der Waals surface area (Å²) in [6, 6.07) is 10.2. The molecule has 36 heavy (non-hydrogen) atoms. The minimum atomic E-state index is -1.16. The van der Waals surface area contributed by atoms with E-state index in [4.69, 9.17) is 11.5 Å². The quantitative estimate of drug-likeness (QED) is 0.440. The van der Waals surface area contributed by atoms with Crippen molar-refractivity contribution in [1.29, 1.82) is 0 Å². The molecule has 2 aromatic carbocycles. The van der Waals surface area contributed by atoms with Crippen molar-refractivity contribution in [3.8, 4) is 0 Å². The number of benzene rings is 2. The molecular weight excluding hydrogens is 458 g/mol. The molecule has 1 aliphatic carbocycles. The molecule has 0 saturated heterocycles. The molecule has 3 amide bonds. The number of primary amides is 2. The van der Waals surface area contributed by atoms with Gasteiger partial charge in [0.2, 0.25) is 5.91 Å². The number of carbonyl (C=O) groups excluding carboxylic acids is 3. The molecule has 0 bridgehead atoms. The van der Waals surface area contributed by atoms with Gasteiger partial charge in [-0.3, -0.25) is 19.4 Å². The summed E-state index contributed by atoms with van der Waals surface area (Å²) >= 11 is 0. The largest absolute Gasteiger partial charge is 0.368 e. The molecule has 1 aliphatic heterocycles. The third-order valence-corrected chi connectivity index (χ3v) is 7.08. The van der Waals surface area contributed by atoms with Crippen molar-refractivity contribution in [1.82, 2.24) is 20.3 Å². The number of rotatable bonds is 8. The predicted octanol–water partition coefficient (Wildman–Crippen LogP) is 1.49. The lowest BCUT2D eigenvalue weighted by atomic mass is 9.72. The number of aliphatic imine (C=N–C) groups is 1. The van der Waals surface area contributed by atoms with E-state index >= 15 is 0 Å². The minimum Gasteiger partial charge on any atom is -0.368 e. The normalized spacial score (nSPS) is 21.6. The molecule has 2 heterocycles. The number of hydrogen-bond acceptors (Lipinski definition) is 6. The fraction of sp³-hybridized carbons (Fsp3) is 0.308. The second-order valence-corrected chi connectivity index (χ2v) is 9.43. The summed E-state index contributed by atoms with van der Waals surface area (Å²) < 4.78 is 1.72. The zero-order chi connectivity index (χ0) is 25.3. The Balaban J connectivity index is 1.52. The van der Waals surface area contributed by atoms with E-state index in [0.717, 1.165) is 35.6 Å². The van der Waals surface area contributed by atoms with Crippen LogP contribution >= 0.6 is 0 Å². The summed E-state index contributed by atoms with van der Waals surface area (Å²) in [7, 11) is 0. The molecule has 184 valence electrons. The van der Waals surface area contributed by atoms with Crippen LogP contribution in [0.2, 0.25) is 0 Å². The predicted molar refractivity (Wildman–Crippen MR) is 134 cm³/mol. The number of nitrogens with zero attached hydrogens (tertiary/aromatic N) is 4. The zero-order valence-electron chi connectivity index (χ0n) is 19.6. The fourth-order valence-corrected chi connectivity index (χ4v) is 5.06. The molecule has 5 rings (SSSR count). The van der Waals surface area contributed by atoms with Gasteiger partial charge in [0.1, 0.15) is 5.71 Å². The Labute approximate surface area is 207 Å². The summed E-state index contributed by atoms with van der Waals surface area (Å²) in [5.74, 6) is -1.53. The SMILES string of the molecule is NC(=O)C1=NC(C(N)=O)C(CC2CCC2)(NC(=O)c2ccc(Cn3ccnn3)c3ccccc23)C=C1. The number of amides is 3. The molecule has 2 unspecified atom stereocenters. The van der Waals surface area contributed by atoms with Crippen molar-refractivity contribution in [2.45, 2.75) is 43.8 Å². The van der Waals surface area contributed by atoms with Crippen LogP contribution in [-0.2, 0) is 16.1 Å². The van der Waals surface area contributed by atoms with Gasteiger partial charge in [-0.25, -0.2) is 4.68 Å². The number of fused-ring (bicyclic) bond motifs is 1. The molecule has 1 fully saturated rings. The van der Waals surface area contributed by atoms with Crippen LogP contribution in [0.5, 0.6) is 0 Å². The Morgan fingerprint density at radius 2 is 1.86 bits per heavy atom. The maximum Gasteiger partial charge on any atom is 0.266 e. The molecule has 10 heteroatoms. The van der Waals surface area contributed by atoms with Crippen molar-refractivity contribution in [3.63, 3.8) is 0 Å². The van der Waals surface area contributed by atoms with Gasteiger partial charge in [-0.15, -0.1) is 5.10 Å². The molecular formula is C26H27N7O3. The molecule has 1 saturated carbocycles. The van der Waals surface area contributed by atoms with Crippen molar-refractivity contribution in [3.05, 3.63) is 72.1 Å². The Morgan fingerprint density at radius 1 is 1.08 bits per heavy atom. The minimum absolute atomic E-state index is 0.0415. The third kappa shape index (κ3) is 4.37. The van der Waals surface area contributed by atoms with E-state index in [2.05, 4.69) is 20.6 Å². The van der Waals surface area contributed by atoms with Gasteiger partial charge >= 0.3 is 0 Å². The maximum atomic E-state index is 13.8. The summed E-state index contributed by atoms with van der Waals surface area (Å²) in [5.41, 5.74) is 11.4. The lowest BCUT2D eigenvalue weighted by Crippen LogP contribution is -2.61. The number of nitrogens with two attached hydrogens (primary N) is 2. The Kier molecular flexibility index (Phi) is 6.09. The van der Waals surface area contributed by atoms with Gasteiger partial charge in [-0.1, -0.05) is 60.9 Å². The Morgan fingerprint density at radius 3 is 2.50 bits per heavy atom. The van der Waals surface area contributed by atoms with Gasteiger partial charge < -0.3 is 16.8 Å². The van der Waals surface area contributed by atoms with Gasteiger partial charge in [-0.2, -0.15) is 0 Å². The number of aromatic nitrogens is 3. The van der Waals surface area contributed by atoms with Crippen LogP contribution in [0, 0.1) is 5.92 Å². The summed E-state index contributed by atoms with van der Waals surface area (Å²) in [5, 5.41) is 12.7. The summed E-state index contributed by atoms with van der Waals surface area (Å²) in [6.45, 7) is 0.505. The van der Waals surface area contributed by atoms with Crippen LogP contribution in [0.1, 0.15) is 41.6 Å². The molecule has 2 atom stereocenters. The molecule has 0 spiro atoms. The van der Waals surface area contributed by atoms with Gasteiger partial charge in [0.15, 0.2) is 6.04 Å². The third-order valence-electron chi connectivity index (χ3n) is 7.08. The monoisotopic (exact) mass is 485 g/mol. The van der Waals surface area contributed by atoms with E-state index in [-0.39, 0.29) is 11.6 Å². The van der Waals surface area contributed by atoms with Crippen LogP contribution in [0.4, 0.5) is 0 Å². The molecule has 10 nitrogen and oxygen atoms in total. The molecule has 5 N–H and O–H groups in total. The van der Waals surface area contributed by atoms with Crippen LogP contribution in [-0.4, -0.2) is 50.0 Å². The van der Waals surface area contributed by atoms with Crippen LogP contribution in [0.15, 0.2) is 65.9 Å². The average Bonchev–Trinajstić information content (AvgIpc) is 3.35. The van der Waals surface area contributed by atoms with E-state index in [1.165, 1.54) is 6.08 Å². The maximum absolute atomic E-state index is 13.8. The molecule has 0 radical (unpaired) electrons. The van der Waals surface area contributed by atoms with Gasteiger partial charge in [0.25, 0.3) is 11.8 Å². The molecule has 1 aromatic heterocycles. The number of hydrogen-bond donors (Lipinski definition) is 3. The zero-order valence-corrected chi connectivity index (χ0v) is 19.6. The van der Waals surface area contributed by atoms with Crippen LogP contribution in [0.3, 0.4) is 0 Å². The molecule has 3 aromatic rings. The van der Waals surface area contributed by atoms with Gasteiger partial charge in [0, 0.05) is 11.8 Å². The second kappa shape index (κ2) is 9.37. The summed E-state index contributed by atoms with van der Waals surface area (Å²) in [4.78, 5) is 42.3. The highest BCUT2D eigenvalue weighted by molar-refractivity contribution is 6.43. The Bertz CT molecular complexity index is 1390. The highest BCUT2D eigenvalue weighted by atomic mass is 16.2. The lowest BCUT2D eigenvalue weighted by Gasteiger charge is -2.42. The average molecular weight is 486 g/mol. The van der Waals surface area contributed by atoms with E-state index in [0.29, 0.717) is 24.4 Å². The highest BCUT2D eigenvalue weighted by Crippen LogP contribution is 2.38. The van der Waals surface area contributed by atoms with Gasteiger partial charge in [-0.05, 0) is 40.8 Å². The van der Waals surface area contributed by atoms with Crippen LogP contribution in [0.25, 0.3) is 10.8 Å². The van der Waals surface area contributed by atoms with E-state index in [1.807, 2.05) is 30.3 Å².